The van der Waals surface area contributed by atoms with Crippen molar-refractivity contribution in [2.24, 2.45) is 11.8 Å². The number of thioether (sulfide) groups is 1. The van der Waals surface area contributed by atoms with Crippen molar-refractivity contribution in [3.05, 3.63) is 53.6 Å². The summed E-state index contributed by atoms with van der Waals surface area (Å²) in [5.41, 5.74) is 2.86. The van der Waals surface area contributed by atoms with Gasteiger partial charge in [-0.3, -0.25) is 14.4 Å². The van der Waals surface area contributed by atoms with Crippen molar-refractivity contribution in [3.63, 3.8) is 0 Å². The normalized spacial score (nSPS) is 33.0. The molecular weight excluding hydrogens is 476 g/mol. The third-order valence-electron chi connectivity index (χ3n) is 7.87. The predicted molar refractivity (Wildman–Crippen MR) is 140 cm³/mol. The zero-order valence-electron chi connectivity index (χ0n) is 20.9. The van der Waals surface area contributed by atoms with Gasteiger partial charge >= 0.3 is 5.97 Å². The lowest BCUT2D eigenvalue weighted by atomic mass is 9.78. The van der Waals surface area contributed by atoms with Crippen LogP contribution in [0.5, 0.6) is 0 Å². The Labute approximate surface area is 216 Å². The number of rotatable bonds is 4. The van der Waals surface area contributed by atoms with E-state index in [0.717, 1.165) is 36.1 Å². The molecule has 0 radical (unpaired) electrons. The number of likely N-dealkylation sites (tertiary alicyclic amines) is 1. The SMILES string of the molecule is Cc1cccc(C)c1N1CC=C[C@]23S[C@@H]4/C=C\CCCCOC(=O)[C@@H]4[C@H]2C(=O)N(CCCO)C3C1=O. The fraction of sp³-hybridized carbons (Fsp3) is 0.536. The van der Waals surface area contributed by atoms with Gasteiger partial charge in [0.1, 0.15) is 6.04 Å². The number of hydrogen-bond donors (Lipinski definition) is 1. The topological polar surface area (TPSA) is 87.2 Å². The summed E-state index contributed by atoms with van der Waals surface area (Å²) >= 11 is 1.56. The highest BCUT2D eigenvalue weighted by atomic mass is 32.2. The lowest BCUT2D eigenvalue weighted by molar-refractivity contribution is -0.153. The Bertz CT molecular complexity index is 1100. The van der Waals surface area contributed by atoms with Crippen molar-refractivity contribution in [1.82, 2.24) is 4.90 Å². The smallest absolute Gasteiger partial charge is 0.311 e. The highest BCUT2D eigenvalue weighted by Gasteiger charge is 2.70. The van der Waals surface area contributed by atoms with Crippen LogP contribution in [-0.4, -0.2) is 70.1 Å². The number of ether oxygens (including phenoxy) is 1. The molecule has 0 aromatic heterocycles. The lowest BCUT2D eigenvalue weighted by Crippen LogP contribution is -2.53. The predicted octanol–water partition coefficient (Wildman–Crippen LogP) is 3.17. The number of esters is 1. The number of cyclic esters (lactones) is 1. The first-order valence-corrected chi connectivity index (χ1v) is 13.8. The molecule has 1 spiro atoms. The van der Waals surface area contributed by atoms with Gasteiger partial charge in [-0.15, -0.1) is 11.8 Å². The number of aryl methyl sites for hydroxylation is 2. The summed E-state index contributed by atoms with van der Waals surface area (Å²) in [4.78, 5) is 45.2. The van der Waals surface area contributed by atoms with Crippen LogP contribution in [0, 0.1) is 25.7 Å². The Hall–Kier alpha value is -2.58. The standard InChI is InChI=1S/C28H34N2O5S/c1-18-10-7-11-19(2)23(18)29-14-8-13-28-22(25(32)30(15-9-16-31)24(28)26(29)33)21-20(36-28)12-5-3-4-6-17-35-27(21)34/h5,7-8,10-13,20-22,24,31H,3-4,6,9,14-17H2,1-2H3/b12-5-/t20-,21+,22+,24?,28+/m1/s1. The first-order valence-electron chi connectivity index (χ1n) is 12.9. The second kappa shape index (κ2) is 10.1. The van der Waals surface area contributed by atoms with Crippen molar-refractivity contribution < 1.29 is 24.2 Å². The fourth-order valence-corrected chi connectivity index (χ4v) is 8.33. The van der Waals surface area contributed by atoms with Gasteiger partial charge in [0.25, 0.3) is 5.91 Å². The molecule has 0 saturated carbocycles. The number of aliphatic hydroxyl groups excluding tert-OH is 1. The van der Waals surface area contributed by atoms with Gasteiger partial charge in [-0.25, -0.2) is 0 Å². The van der Waals surface area contributed by atoms with E-state index in [1.807, 2.05) is 50.3 Å². The maximum absolute atomic E-state index is 14.4. The average molecular weight is 511 g/mol. The summed E-state index contributed by atoms with van der Waals surface area (Å²) in [5.74, 6) is -2.03. The Morgan fingerprint density at radius 1 is 1.11 bits per heavy atom. The second-order valence-electron chi connectivity index (χ2n) is 10.1. The quantitative estimate of drug-likeness (QED) is 0.495. The molecule has 7 nitrogen and oxygen atoms in total. The molecule has 4 aliphatic rings. The van der Waals surface area contributed by atoms with Crippen LogP contribution in [0.1, 0.15) is 36.8 Å². The van der Waals surface area contributed by atoms with Crippen LogP contribution in [0.2, 0.25) is 0 Å². The average Bonchev–Trinajstić information content (AvgIpc) is 3.23. The van der Waals surface area contributed by atoms with Crippen molar-refractivity contribution >= 4 is 35.2 Å². The molecular formula is C28H34N2O5S. The number of carbonyl (C=O) groups is 3. The number of anilines is 1. The molecule has 4 heterocycles. The van der Waals surface area contributed by atoms with Gasteiger partial charge in [-0.05, 0) is 50.7 Å². The maximum Gasteiger partial charge on any atom is 0.311 e. The first-order chi connectivity index (χ1) is 17.4. The molecule has 1 unspecified atom stereocenters. The molecule has 0 aliphatic carbocycles. The monoisotopic (exact) mass is 510 g/mol. The van der Waals surface area contributed by atoms with E-state index in [2.05, 4.69) is 6.08 Å². The van der Waals surface area contributed by atoms with Crippen LogP contribution >= 0.6 is 11.8 Å². The second-order valence-corrected chi connectivity index (χ2v) is 11.6. The maximum atomic E-state index is 14.4. The zero-order chi connectivity index (χ0) is 25.4. The van der Waals surface area contributed by atoms with Gasteiger partial charge < -0.3 is 19.6 Å². The van der Waals surface area contributed by atoms with Crippen molar-refractivity contribution in [1.29, 1.82) is 0 Å². The van der Waals surface area contributed by atoms with E-state index in [1.54, 1.807) is 21.6 Å². The van der Waals surface area contributed by atoms with Crippen molar-refractivity contribution in [2.75, 3.05) is 31.2 Å². The largest absolute Gasteiger partial charge is 0.465 e. The Morgan fingerprint density at radius 2 is 1.89 bits per heavy atom. The number of para-hydroxylation sites is 1. The summed E-state index contributed by atoms with van der Waals surface area (Å²) in [5, 5.41) is 9.31. The van der Waals surface area contributed by atoms with E-state index in [1.165, 1.54) is 0 Å². The number of fused-ring (bicyclic) bond motifs is 2. The summed E-state index contributed by atoms with van der Waals surface area (Å²) in [6.45, 7) is 4.91. The van der Waals surface area contributed by atoms with Crippen LogP contribution < -0.4 is 4.90 Å². The molecule has 2 amide bonds. The van der Waals surface area contributed by atoms with Crippen LogP contribution in [0.25, 0.3) is 0 Å². The van der Waals surface area contributed by atoms with Gasteiger partial charge in [0.15, 0.2) is 0 Å². The molecule has 2 saturated heterocycles. The Balaban J connectivity index is 1.62. The van der Waals surface area contributed by atoms with E-state index >= 15 is 0 Å². The number of aliphatic hydroxyl groups is 1. The van der Waals surface area contributed by atoms with Crippen molar-refractivity contribution in [2.45, 2.75) is 55.6 Å². The van der Waals surface area contributed by atoms with Crippen molar-refractivity contribution in [3.8, 4) is 0 Å². The van der Waals surface area contributed by atoms with Crippen LogP contribution in [-0.2, 0) is 19.1 Å². The zero-order valence-corrected chi connectivity index (χ0v) is 21.7. The number of hydrogen-bond acceptors (Lipinski definition) is 6. The highest BCUT2D eigenvalue weighted by Crippen LogP contribution is 2.60. The third kappa shape index (κ3) is 3.98. The summed E-state index contributed by atoms with van der Waals surface area (Å²) in [7, 11) is 0. The minimum Gasteiger partial charge on any atom is -0.465 e. The van der Waals surface area contributed by atoms with E-state index < -0.39 is 22.6 Å². The van der Waals surface area contributed by atoms with Crippen LogP contribution in [0.4, 0.5) is 5.69 Å². The van der Waals surface area contributed by atoms with E-state index in [9.17, 15) is 19.5 Å². The number of amides is 2. The minimum atomic E-state index is -0.873. The van der Waals surface area contributed by atoms with E-state index in [4.69, 9.17) is 4.74 Å². The molecule has 1 N–H and O–H groups in total. The number of allylic oxidation sites excluding steroid dienone is 1. The van der Waals surface area contributed by atoms with Crippen LogP contribution in [0.15, 0.2) is 42.5 Å². The van der Waals surface area contributed by atoms with Gasteiger partial charge in [0, 0.05) is 30.6 Å². The Kier molecular flexibility index (Phi) is 7.01. The van der Waals surface area contributed by atoms with Crippen LogP contribution in [0.3, 0.4) is 0 Å². The molecule has 8 heteroatoms. The van der Waals surface area contributed by atoms with E-state index in [0.29, 0.717) is 19.6 Å². The summed E-state index contributed by atoms with van der Waals surface area (Å²) in [6.07, 6.45) is 11.2. The molecule has 4 aliphatic heterocycles. The number of benzene rings is 1. The molecule has 5 atom stereocenters. The molecule has 5 rings (SSSR count). The molecule has 0 bridgehead atoms. The summed E-state index contributed by atoms with van der Waals surface area (Å²) < 4.78 is 4.77. The van der Waals surface area contributed by atoms with Gasteiger partial charge in [-0.1, -0.05) is 42.5 Å². The molecule has 36 heavy (non-hydrogen) atoms. The molecule has 1 aromatic carbocycles. The van der Waals surface area contributed by atoms with Gasteiger partial charge in [-0.2, -0.15) is 0 Å². The number of nitrogens with zero attached hydrogens (tertiary/aromatic N) is 2. The van der Waals surface area contributed by atoms with E-state index in [-0.39, 0.29) is 36.2 Å². The molecule has 1 aromatic rings. The van der Waals surface area contributed by atoms with Gasteiger partial charge in [0.05, 0.1) is 23.2 Å². The molecule has 192 valence electrons. The molecule has 2 fully saturated rings. The highest BCUT2D eigenvalue weighted by molar-refractivity contribution is 8.02. The third-order valence-corrected chi connectivity index (χ3v) is 9.61. The Morgan fingerprint density at radius 3 is 2.64 bits per heavy atom. The summed E-state index contributed by atoms with van der Waals surface area (Å²) in [6, 6.07) is 5.20. The number of carbonyl (C=O) groups excluding carboxylic acids is 3. The lowest BCUT2D eigenvalue weighted by Gasteiger charge is -2.36. The fourth-order valence-electron chi connectivity index (χ4n) is 6.33. The van der Waals surface area contributed by atoms with Gasteiger partial charge in [0.2, 0.25) is 5.91 Å². The first kappa shape index (κ1) is 25.1. The minimum absolute atomic E-state index is 0.0806.